The summed E-state index contributed by atoms with van der Waals surface area (Å²) in [5, 5.41) is 18.1. The SMILES string of the molecule is N[C@H](C=O)Cc1ccc(O)c(O)c1. The number of aromatic hydroxyl groups is 2. The van der Waals surface area contributed by atoms with Crippen molar-refractivity contribution in [2.45, 2.75) is 12.5 Å². The van der Waals surface area contributed by atoms with Gasteiger partial charge in [0, 0.05) is 0 Å². The maximum Gasteiger partial charge on any atom is 0.157 e. The molecule has 0 aliphatic carbocycles. The van der Waals surface area contributed by atoms with Crippen LogP contribution < -0.4 is 5.73 Å². The zero-order chi connectivity index (χ0) is 9.84. The second kappa shape index (κ2) is 3.91. The Morgan fingerprint density at radius 1 is 1.38 bits per heavy atom. The Labute approximate surface area is 75.6 Å². The second-order valence-electron chi connectivity index (χ2n) is 2.83. The van der Waals surface area contributed by atoms with Crippen LogP contribution in [0.4, 0.5) is 0 Å². The molecule has 1 aromatic rings. The van der Waals surface area contributed by atoms with Gasteiger partial charge < -0.3 is 20.7 Å². The van der Waals surface area contributed by atoms with E-state index in [-0.39, 0.29) is 11.5 Å². The number of carbonyl (C=O) groups excluding carboxylic acids is 1. The fraction of sp³-hybridized carbons (Fsp3) is 0.222. The van der Waals surface area contributed by atoms with Crippen LogP contribution in [0.15, 0.2) is 18.2 Å². The maximum absolute atomic E-state index is 10.2. The van der Waals surface area contributed by atoms with Crippen molar-refractivity contribution in [1.29, 1.82) is 0 Å². The lowest BCUT2D eigenvalue weighted by Crippen LogP contribution is -2.23. The summed E-state index contributed by atoms with van der Waals surface area (Å²) in [6, 6.07) is 3.79. The number of phenolic OH excluding ortho intramolecular Hbond substituents is 2. The molecule has 0 aliphatic heterocycles. The number of phenols is 2. The average Bonchev–Trinajstić information content (AvgIpc) is 2.11. The van der Waals surface area contributed by atoms with E-state index in [9.17, 15) is 4.79 Å². The minimum absolute atomic E-state index is 0.177. The van der Waals surface area contributed by atoms with Gasteiger partial charge >= 0.3 is 0 Å². The Hall–Kier alpha value is -1.55. The van der Waals surface area contributed by atoms with Gasteiger partial charge in [-0.2, -0.15) is 0 Å². The van der Waals surface area contributed by atoms with E-state index in [1.807, 2.05) is 0 Å². The number of hydrogen-bond donors (Lipinski definition) is 3. The summed E-state index contributed by atoms with van der Waals surface area (Å²) < 4.78 is 0. The van der Waals surface area contributed by atoms with Crippen molar-refractivity contribution in [3.8, 4) is 11.5 Å². The molecule has 0 spiro atoms. The summed E-state index contributed by atoms with van der Waals surface area (Å²) in [6.45, 7) is 0. The predicted octanol–water partition coefficient (Wildman–Crippen LogP) is 0.166. The van der Waals surface area contributed by atoms with Crippen LogP contribution in [0.1, 0.15) is 5.56 Å². The van der Waals surface area contributed by atoms with Gasteiger partial charge in [0.05, 0.1) is 6.04 Å². The molecule has 0 bridgehead atoms. The highest BCUT2D eigenvalue weighted by Gasteiger charge is 2.04. The summed E-state index contributed by atoms with van der Waals surface area (Å²) in [5.74, 6) is -0.376. The van der Waals surface area contributed by atoms with E-state index < -0.39 is 6.04 Å². The smallest absolute Gasteiger partial charge is 0.157 e. The van der Waals surface area contributed by atoms with Crippen molar-refractivity contribution in [2.75, 3.05) is 0 Å². The van der Waals surface area contributed by atoms with Crippen molar-refractivity contribution in [2.24, 2.45) is 5.73 Å². The second-order valence-corrected chi connectivity index (χ2v) is 2.83. The molecule has 13 heavy (non-hydrogen) atoms. The minimum Gasteiger partial charge on any atom is -0.504 e. The maximum atomic E-state index is 10.2. The standard InChI is InChI=1S/C9H11NO3/c10-7(5-11)3-6-1-2-8(12)9(13)4-6/h1-2,4-5,7,12-13H,3,10H2/t7-/m0/s1. The summed E-state index contributed by atoms with van der Waals surface area (Å²) in [5.41, 5.74) is 6.10. The zero-order valence-electron chi connectivity index (χ0n) is 6.97. The van der Waals surface area contributed by atoms with Crippen LogP contribution in [-0.2, 0) is 11.2 Å². The molecule has 0 radical (unpaired) electrons. The minimum atomic E-state index is -0.566. The Balaban J connectivity index is 2.79. The molecule has 0 fully saturated rings. The molecule has 0 saturated carbocycles. The Morgan fingerprint density at radius 2 is 2.08 bits per heavy atom. The Kier molecular flexibility index (Phi) is 2.87. The first kappa shape index (κ1) is 9.54. The van der Waals surface area contributed by atoms with Gasteiger partial charge in [0.2, 0.25) is 0 Å². The largest absolute Gasteiger partial charge is 0.504 e. The lowest BCUT2D eigenvalue weighted by Gasteiger charge is -2.05. The van der Waals surface area contributed by atoms with Crippen molar-refractivity contribution in [3.63, 3.8) is 0 Å². The molecule has 0 saturated heterocycles. The molecular weight excluding hydrogens is 170 g/mol. The van der Waals surface area contributed by atoms with E-state index in [4.69, 9.17) is 15.9 Å². The number of nitrogens with two attached hydrogens (primary N) is 1. The van der Waals surface area contributed by atoms with Crippen LogP contribution in [0.5, 0.6) is 11.5 Å². The van der Waals surface area contributed by atoms with Crippen molar-refractivity contribution >= 4 is 6.29 Å². The monoisotopic (exact) mass is 181 g/mol. The van der Waals surface area contributed by atoms with Crippen molar-refractivity contribution in [3.05, 3.63) is 23.8 Å². The molecule has 1 aromatic carbocycles. The van der Waals surface area contributed by atoms with Gasteiger partial charge in [-0.05, 0) is 24.1 Å². The third kappa shape index (κ3) is 2.45. The van der Waals surface area contributed by atoms with Crippen molar-refractivity contribution in [1.82, 2.24) is 0 Å². The van der Waals surface area contributed by atoms with Crippen LogP contribution in [0.3, 0.4) is 0 Å². The number of benzene rings is 1. The number of rotatable bonds is 3. The van der Waals surface area contributed by atoms with E-state index in [1.54, 1.807) is 6.07 Å². The molecule has 0 aromatic heterocycles. The molecule has 4 N–H and O–H groups in total. The topological polar surface area (TPSA) is 83.6 Å². The van der Waals surface area contributed by atoms with Crippen LogP contribution in [0.25, 0.3) is 0 Å². The van der Waals surface area contributed by atoms with Crippen LogP contribution in [-0.4, -0.2) is 22.5 Å². The molecule has 4 nitrogen and oxygen atoms in total. The van der Waals surface area contributed by atoms with Gasteiger partial charge in [-0.25, -0.2) is 0 Å². The lowest BCUT2D eigenvalue weighted by atomic mass is 10.1. The highest BCUT2D eigenvalue weighted by molar-refractivity contribution is 5.58. The Bertz CT molecular complexity index is 312. The summed E-state index contributed by atoms with van der Waals surface area (Å²) in [4.78, 5) is 10.2. The Morgan fingerprint density at radius 3 is 2.62 bits per heavy atom. The molecule has 0 heterocycles. The number of carbonyl (C=O) groups is 1. The highest BCUT2D eigenvalue weighted by Crippen LogP contribution is 2.25. The van der Waals surface area contributed by atoms with Crippen LogP contribution >= 0.6 is 0 Å². The van der Waals surface area contributed by atoms with E-state index in [1.165, 1.54) is 12.1 Å². The lowest BCUT2D eigenvalue weighted by molar-refractivity contribution is -0.108. The molecule has 1 rings (SSSR count). The van der Waals surface area contributed by atoms with Gasteiger partial charge in [0.25, 0.3) is 0 Å². The van der Waals surface area contributed by atoms with E-state index in [0.717, 1.165) is 5.56 Å². The number of aldehydes is 1. The first-order chi connectivity index (χ1) is 6.13. The number of hydrogen-bond acceptors (Lipinski definition) is 4. The predicted molar refractivity (Wildman–Crippen MR) is 47.5 cm³/mol. The first-order valence-corrected chi connectivity index (χ1v) is 3.85. The van der Waals surface area contributed by atoms with Gasteiger partial charge in [0.15, 0.2) is 11.5 Å². The van der Waals surface area contributed by atoms with E-state index in [0.29, 0.717) is 12.7 Å². The third-order valence-electron chi connectivity index (χ3n) is 1.69. The average molecular weight is 181 g/mol. The fourth-order valence-electron chi connectivity index (χ4n) is 1.02. The third-order valence-corrected chi connectivity index (χ3v) is 1.69. The zero-order valence-corrected chi connectivity index (χ0v) is 6.97. The molecular formula is C9H11NO3. The molecule has 0 aliphatic rings. The highest BCUT2D eigenvalue weighted by atomic mass is 16.3. The molecule has 0 unspecified atom stereocenters. The van der Waals surface area contributed by atoms with Gasteiger partial charge in [0.1, 0.15) is 6.29 Å². The van der Waals surface area contributed by atoms with Crippen molar-refractivity contribution < 1.29 is 15.0 Å². The van der Waals surface area contributed by atoms with E-state index in [2.05, 4.69) is 0 Å². The molecule has 0 amide bonds. The summed E-state index contributed by atoms with van der Waals surface area (Å²) in [6.07, 6.45) is 1.00. The molecule has 70 valence electrons. The van der Waals surface area contributed by atoms with Crippen LogP contribution in [0.2, 0.25) is 0 Å². The normalized spacial score (nSPS) is 12.4. The van der Waals surface area contributed by atoms with Gasteiger partial charge in [-0.1, -0.05) is 6.07 Å². The van der Waals surface area contributed by atoms with Gasteiger partial charge in [-0.3, -0.25) is 0 Å². The van der Waals surface area contributed by atoms with E-state index >= 15 is 0 Å². The molecule has 4 heteroatoms. The summed E-state index contributed by atoms with van der Waals surface area (Å²) >= 11 is 0. The first-order valence-electron chi connectivity index (χ1n) is 3.85. The fourth-order valence-corrected chi connectivity index (χ4v) is 1.02. The van der Waals surface area contributed by atoms with Crippen LogP contribution in [0, 0.1) is 0 Å². The van der Waals surface area contributed by atoms with Gasteiger partial charge in [-0.15, -0.1) is 0 Å². The summed E-state index contributed by atoms with van der Waals surface area (Å²) in [7, 11) is 0. The quantitative estimate of drug-likeness (QED) is 0.458. The molecule has 1 atom stereocenters.